The van der Waals surface area contributed by atoms with Crippen LogP contribution in [0.5, 0.6) is 0 Å². The van der Waals surface area contributed by atoms with Crippen molar-refractivity contribution in [3.05, 3.63) is 94.8 Å². The summed E-state index contributed by atoms with van der Waals surface area (Å²) in [5, 5.41) is 3.55. The Morgan fingerprint density at radius 1 is 1.00 bits per heavy atom. The first-order valence-corrected chi connectivity index (χ1v) is 8.77. The average molecular weight is 343 g/mol. The summed E-state index contributed by atoms with van der Waals surface area (Å²) < 4.78 is 0. The molecule has 1 aromatic heterocycles. The van der Waals surface area contributed by atoms with E-state index in [-0.39, 0.29) is 12.1 Å². The molecule has 0 bridgehead atoms. The van der Waals surface area contributed by atoms with E-state index in [2.05, 4.69) is 36.3 Å². The maximum Gasteiger partial charge on any atom is 0.258 e. The molecule has 1 N–H and O–H groups in total. The van der Waals surface area contributed by atoms with Gasteiger partial charge >= 0.3 is 0 Å². The van der Waals surface area contributed by atoms with Gasteiger partial charge in [0.15, 0.2) is 0 Å². The fourth-order valence-electron chi connectivity index (χ4n) is 3.38. The molecule has 4 nitrogen and oxygen atoms in total. The van der Waals surface area contributed by atoms with Crippen LogP contribution in [0.3, 0.4) is 0 Å². The third-order valence-corrected chi connectivity index (χ3v) is 4.99. The summed E-state index contributed by atoms with van der Waals surface area (Å²) in [5.41, 5.74) is 5.99. The van der Waals surface area contributed by atoms with Gasteiger partial charge in [0, 0.05) is 18.4 Å². The summed E-state index contributed by atoms with van der Waals surface area (Å²) in [5.74, 6) is 0.0137. The summed E-state index contributed by atoms with van der Waals surface area (Å²) in [6, 6.07) is 19.9. The van der Waals surface area contributed by atoms with Gasteiger partial charge in [-0.15, -0.1) is 0 Å². The van der Waals surface area contributed by atoms with Gasteiger partial charge in [-0.25, -0.2) is 0 Å². The van der Waals surface area contributed by atoms with E-state index in [0.717, 1.165) is 16.9 Å². The van der Waals surface area contributed by atoms with Gasteiger partial charge in [-0.05, 0) is 48.7 Å². The van der Waals surface area contributed by atoms with E-state index in [9.17, 15) is 4.79 Å². The third kappa shape index (κ3) is 2.84. The highest BCUT2D eigenvalue weighted by molar-refractivity contribution is 5.98. The van der Waals surface area contributed by atoms with Crippen molar-refractivity contribution in [2.45, 2.75) is 26.6 Å². The fourth-order valence-corrected chi connectivity index (χ4v) is 3.38. The van der Waals surface area contributed by atoms with Crippen molar-refractivity contribution in [3.63, 3.8) is 0 Å². The Kier molecular flexibility index (Phi) is 4.17. The van der Waals surface area contributed by atoms with Crippen LogP contribution in [0.4, 0.5) is 5.69 Å². The first-order chi connectivity index (χ1) is 12.6. The Bertz CT molecular complexity index is 953. The lowest BCUT2D eigenvalue weighted by Crippen LogP contribution is -2.32. The molecule has 1 atom stereocenters. The van der Waals surface area contributed by atoms with Gasteiger partial charge < -0.3 is 10.2 Å². The zero-order valence-corrected chi connectivity index (χ0v) is 14.9. The number of pyridine rings is 1. The zero-order chi connectivity index (χ0) is 18.1. The average Bonchev–Trinajstić information content (AvgIpc) is 2.92. The van der Waals surface area contributed by atoms with Crippen LogP contribution in [-0.4, -0.2) is 15.8 Å². The van der Waals surface area contributed by atoms with Crippen LogP contribution in [0.2, 0.25) is 0 Å². The van der Waals surface area contributed by atoms with Crippen LogP contribution in [0.25, 0.3) is 0 Å². The molecule has 4 heteroatoms. The summed E-state index contributed by atoms with van der Waals surface area (Å²) in [6.07, 6.45) is 1.47. The Labute approximate surface area is 153 Å². The van der Waals surface area contributed by atoms with E-state index in [0.29, 0.717) is 12.1 Å². The van der Waals surface area contributed by atoms with E-state index in [4.69, 9.17) is 0 Å². The second-order valence-electron chi connectivity index (χ2n) is 6.65. The van der Waals surface area contributed by atoms with Crippen LogP contribution in [0, 0.1) is 13.8 Å². The number of hydrogen-bond donors (Lipinski definition) is 1. The molecule has 4 rings (SSSR count). The lowest BCUT2D eigenvalue weighted by Gasteiger charge is -2.27. The first kappa shape index (κ1) is 16.3. The van der Waals surface area contributed by atoms with Crippen molar-refractivity contribution in [3.8, 4) is 0 Å². The molecule has 0 saturated heterocycles. The highest BCUT2D eigenvalue weighted by atomic mass is 16.2. The minimum absolute atomic E-state index is 0.0137. The van der Waals surface area contributed by atoms with E-state index >= 15 is 0 Å². The lowest BCUT2D eigenvalue weighted by molar-refractivity contribution is 0.0727. The minimum atomic E-state index is -0.278. The van der Waals surface area contributed by atoms with Gasteiger partial charge in [0.05, 0.1) is 11.3 Å². The smallest absolute Gasteiger partial charge is 0.258 e. The van der Waals surface area contributed by atoms with Crippen molar-refractivity contribution >= 4 is 11.6 Å². The predicted octanol–water partition coefficient (Wildman–Crippen LogP) is 4.47. The molecule has 1 unspecified atom stereocenters. The van der Waals surface area contributed by atoms with E-state index in [1.807, 2.05) is 53.4 Å². The van der Waals surface area contributed by atoms with Gasteiger partial charge in [0.25, 0.3) is 5.91 Å². The summed E-state index contributed by atoms with van der Waals surface area (Å²) >= 11 is 0. The van der Waals surface area contributed by atoms with Crippen molar-refractivity contribution < 1.29 is 4.79 Å². The largest absolute Gasteiger partial charge is 0.360 e. The summed E-state index contributed by atoms with van der Waals surface area (Å²) in [7, 11) is 0. The number of benzene rings is 2. The number of fused-ring (bicyclic) bond motifs is 1. The SMILES string of the molecule is Cc1cccc(NC2c3ncccc3C(=O)N2Cc2ccccc2)c1C. The molecule has 0 fully saturated rings. The molecule has 1 aliphatic rings. The van der Waals surface area contributed by atoms with E-state index in [1.165, 1.54) is 11.1 Å². The third-order valence-electron chi connectivity index (χ3n) is 4.99. The van der Waals surface area contributed by atoms with Gasteiger partial charge in [-0.3, -0.25) is 9.78 Å². The molecule has 26 heavy (non-hydrogen) atoms. The number of nitrogens with zero attached hydrogens (tertiary/aromatic N) is 2. The Morgan fingerprint density at radius 3 is 2.62 bits per heavy atom. The lowest BCUT2D eigenvalue weighted by atomic mass is 10.1. The number of aromatic nitrogens is 1. The maximum absolute atomic E-state index is 13.0. The van der Waals surface area contributed by atoms with Crippen LogP contribution >= 0.6 is 0 Å². The van der Waals surface area contributed by atoms with Crippen molar-refractivity contribution in [2.24, 2.45) is 0 Å². The number of nitrogens with one attached hydrogen (secondary N) is 1. The first-order valence-electron chi connectivity index (χ1n) is 8.77. The number of carbonyl (C=O) groups excluding carboxylic acids is 1. The number of anilines is 1. The quantitative estimate of drug-likeness (QED) is 0.760. The monoisotopic (exact) mass is 343 g/mol. The second kappa shape index (κ2) is 6.64. The van der Waals surface area contributed by atoms with Crippen LogP contribution < -0.4 is 5.32 Å². The molecule has 0 radical (unpaired) electrons. The molecule has 2 aromatic carbocycles. The number of rotatable bonds is 4. The summed E-state index contributed by atoms with van der Waals surface area (Å²) in [4.78, 5) is 19.4. The molecule has 0 aliphatic carbocycles. The number of hydrogen-bond acceptors (Lipinski definition) is 3. The van der Waals surface area contributed by atoms with Gasteiger partial charge in [0.2, 0.25) is 0 Å². The number of aryl methyl sites for hydroxylation is 1. The van der Waals surface area contributed by atoms with Crippen LogP contribution in [-0.2, 0) is 6.54 Å². The molecule has 0 saturated carbocycles. The molecule has 0 spiro atoms. The Morgan fingerprint density at radius 2 is 1.81 bits per heavy atom. The molecule has 1 amide bonds. The second-order valence-corrected chi connectivity index (χ2v) is 6.65. The van der Waals surface area contributed by atoms with Crippen molar-refractivity contribution in [1.29, 1.82) is 0 Å². The van der Waals surface area contributed by atoms with Crippen LogP contribution in [0.15, 0.2) is 66.9 Å². The molecular weight excluding hydrogens is 322 g/mol. The van der Waals surface area contributed by atoms with Gasteiger partial charge in [-0.2, -0.15) is 0 Å². The minimum Gasteiger partial charge on any atom is -0.360 e. The van der Waals surface area contributed by atoms with Gasteiger partial charge in [0.1, 0.15) is 6.17 Å². The predicted molar refractivity (Wildman–Crippen MR) is 103 cm³/mol. The Balaban J connectivity index is 1.72. The molecule has 130 valence electrons. The van der Waals surface area contributed by atoms with Crippen LogP contribution in [0.1, 0.15) is 38.9 Å². The van der Waals surface area contributed by atoms with Gasteiger partial charge in [-0.1, -0.05) is 42.5 Å². The molecule has 2 heterocycles. The highest BCUT2D eigenvalue weighted by Gasteiger charge is 2.38. The Hall–Kier alpha value is -3.14. The molecule has 1 aliphatic heterocycles. The normalized spacial score (nSPS) is 15.8. The maximum atomic E-state index is 13.0. The fraction of sp³-hybridized carbons (Fsp3) is 0.182. The topological polar surface area (TPSA) is 45.2 Å². The number of carbonyl (C=O) groups is 1. The zero-order valence-electron chi connectivity index (χ0n) is 14.9. The standard InChI is InChI=1S/C22H21N3O/c1-15-8-6-12-19(16(15)2)24-21-20-18(11-7-13-23-20)22(26)25(21)14-17-9-4-3-5-10-17/h3-13,21,24H,14H2,1-2H3. The van der Waals surface area contributed by atoms with Crippen molar-refractivity contribution in [2.75, 3.05) is 5.32 Å². The molecule has 3 aromatic rings. The van der Waals surface area contributed by atoms with E-state index in [1.54, 1.807) is 6.20 Å². The highest BCUT2D eigenvalue weighted by Crippen LogP contribution is 2.35. The van der Waals surface area contributed by atoms with E-state index < -0.39 is 0 Å². The molecular formula is C22H21N3O. The van der Waals surface area contributed by atoms with Crippen molar-refractivity contribution in [1.82, 2.24) is 9.88 Å². The summed E-state index contributed by atoms with van der Waals surface area (Å²) in [6.45, 7) is 4.72. The number of amides is 1.